The summed E-state index contributed by atoms with van der Waals surface area (Å²) in [4.78, 5) is 66.9. The Kier molecular flexibility index (Phi) is 4.95. The van der Waals surface area contributed by atoms with Crippen LogP contribution in [0, 0.1) is 28.9 Å². The van der Waals surface area contributed by atoms with Crippen LogP contribution in [-0.2, 0) is 14.3 Å². The molecule has 0 radical (unpaired) electrons. The van der Waals surface area contributed by atoms with Crippen LogP contribution < -0.4 is 4.90 Å². The first kappa shape index (κ1) is 23.2. The zero-order valence-corrected chi connectivity index (χ0v) is 20.0. The highest BCUT2D eigenvalue weighted by molar-refractivity contribution is 6.37. The summed E-state index contributed by atoms with van der Waals surface area (Å²) < 4.78 is 6.22. The van der Waals surface area contributed by atoms with E-state index in [-0.39, 0.29) is 22.5 Å². The van der Waals surface area contributed by atoms with E-state index in [9.17, 15) is 29.3 Å². The van der Waals surface area contributed by atoms with Gasteiger partial charge in [0.05, 0.1) is 28.6 Å². The highest BCUT2D eigenvalue weighted by Gasteiger charge is 2.74. The number of aryl methyl sites for hydroxylation is 1. The van der Waals surface area contributed by atoms with E-state index in [2.05, 4.69) is 0 Å². The number of rotatable bonds is 3. The minimum Gasteiger partial charge on any atom is -0.349 e. The minimum absolute atomic E-state index is 0.133. The number of Topliss-reactive ketones (excluding diaryl/α,β-unsaturated/α-hetero) is 2. The van der Waals surface area contributed by atoms with E-state index in [1.165, 1.54) is 30.3 Å². The predicted octanol–water partition coefficient (Wildman–Crippen LogP) is 4.25. The van der Waals surface area contributed by atoms with Gasteiger partial charge in [0.2, 0.25) is 29.0 Å². The molecule has 37 heavy (non-hydrogen) atoms. The lowest BCUT2D eigenvalue weighted by Gasteiger charge is -2.27. The van der Waals surface area contributed by atoms with Gasteiger partial charge in [-0.15, -0.1) is 0 Å². The molecule has 2 heterocycles. The number of fused-ring (bicyclic) bond motifs is 3. The minimum atomic E-state index is -2.20. The van der Waals surface area contributed by atoms with Gasteiger partial charge in [0.15, 0.2) is 0 Å². The second-order valence-electron chi connectivity index (χ2n) is 9.27. The second-order valence-corrected chi connectivity index (χ2v) is 9.71. The van der Waals surface area contributed by atoms with Crippen LogP contribution in [0.5, 0.6) is 0 Å². The molecule has 2 fully saturated rings. The van der Waals surface area contributed by atoms with Gasteiger partial charge in [-0.3, -0.25) is 29.3 Å². The van der Waals surface area contributed by atoms with Crippen molar-refractivity contribution in [1.82, 2.24) is 0 Å². The van der Waals surface area contributed by atoms with Gasteiger partial charge >= 0.3 is 0 Å². The summed E-state index contributed by atoms with van der Waals surface area (Å²) in [5, 5.41) is 11.6. The van der Waals surface area contributed by atoms with E-state index < -0.39 is 51.8 Å². The third-order valence-electron chi connectivity index (χ3n) is 7.35. The molecule has 0 aromatic heterocycles. The molecule has 3 aliphatic rings. The third kappa shape index (κ3) is 3.01. The molecule has 3 atom stereocenters. The number of nitrogens with zero attached hydrogens (tertiary/aromatic N) is 2. The third-order valence-corrected chi connectivity index (χ3v) is 7.60. The summed E-state index contributed by atoms with van der Waals surface area (Å²) in [5.74, 6) is -5.34. The molecule has 1 aliphatic carbocycles. The van der Waals surface area contributed by atoms with Gasteiger partial charge in [0, 0.05) is 28.3 Å². The lowest BCUT2D eigenvalue weighted by molar-refractivity contribution is -0.384. The Bertz CT molecular complexity index is 1530. The van der Waals surface area contributed by atoms with Gasteiger partial charge in [-0.1, -0.05) is 48.0 Å². The largest absolute Gasteiger partial charge is 0.349 e. The normalized spacial score (nSPS) is 23.6. The zero-order valence-electron chi connectivity index (χ0n) is 19.2. The van der Waals surface area contributed by atoms with Crippen molar-refractivity contribution in [2.45, 2.75) is 18.6 Å². The van der Waals surface area contributed by atoms with Crippen molar-refractivity contribution in [1.29, 1.82) is 0 Å². The standard InChI is InChI=1S/C27H17ClN2O7/c1-13-12-16(30(35)36)10-11-19(13)29-25(33)20-21(26(29)34)27(37-22(20)14-6-8-15(28)9-7-14)23(31)17-4-2-3-5-18(17)24(27)32/h2-12,20-22H,1H3/t20-,21+,22-/m1/s1. The average Bonchev–Trinajstić information content (AvgIpc) is 3.45. The number of nitro benzene ring substituents is 1. The molecule has 2 amide bonds. The molecule has 184 valence electrons. The maximum absolute atomic E-state index is 14.0. The SMILES string of the molecule is Cc1cc([N+](=O)[O-])ccc1N1C(=O)[C@H]2[C@@H](c3ccc(Cl)cc3)OC3(C(=O)c4ccccc4C3=O)[C@@H]2C1=O. The summed E-state index contributed by atoms with van der Waals surface area (Å²) in [6.45, 7) is 1.54. The summed E-state index contributed by atoms with van der Waals surface area (Å²) in [6, 6.07) is 16.4. The Morgan fingerprint density at radius 2 is 1.54 bits per heavy atom. The van der Waals surface area contributed by atoms with Crippen LogP contribution >= 0.6 is 11.6 Å². The number of nitro groups is 1. The number of hydrogen-bond acceptors (Lipinski definition) is 7. The first-order valence-corrected chi connectivity index (χ1v) is 11.8. The number of anilines is 1. The van der Waals surface area contributed by atoms with Gasteiger partial charge in [0.1, 0.15) is 0 Å². The molecular weight excluding hydrogens is 500 g/mol. The molecule has 9 nitrogen and oxygen atoms in total. The van der Waals surface area contributed by atoms with Crippen molar-refractivity contribution in [2.24, 2.45) is 11.8 Å². The Hall–Kier alpha value is -4.21. The predicted molar refractivity (Wildman–Crippen MR) is 130 cm³/mol. The summed E-state index contributed by atoms with van der Waals surface area (Å²) in [5.41, 5.74) is -1.18. The molecule has 0 saturated carbocycles. The van der Waals surface area contributed by atoms with E-state index in [0.717, 1.165) is 4.90 Å². The van der Waals surface area contributed by atoms with Crippen molar-refractivity contribution in [3.05, 3.63) is 104 Å². The number of amides is 2. The first-order valence-electron chi connectivity index (χ1n) is 11.4. The topological polar surface area (TPSA) is 124 Å². The second kappa shape index (κ2) is 7.89. The number of hydrogen-bond donors (Lipinski definition) is 0. The molecule has 10 heteroatoms. The van der Waals surface area contributed by atoms with Crippen molar-refractivity contribution in [3.63, 3.8) is 0 Å². The van der Waals surface area contributed by atoms with Crippen molar-refractivity contribution in [2.75, 3.05) is 4.90 Å². The van der Waals surface area contributed by atoms with E-state index in [0.29, 0.717) is 16.1 Å². The molecule has 0 N–H and O–H groups in total. The van der Waals surface area contributed by atoms with Crippen LogP contribution in [0.25, 0.3) is 0 Å². The fourth-order valence-corrected chi connectivity index (χ4v) is 5.84. The number of halogens is 1. The van der Waals surface area contributed by atoms with Crippen LogP contribution in [0.3, 0.4) is 0 Å². The zero-order chi connectivity index (χ0) is 26.2. The van der Waals surface area contributed by atoms with E-state index in [1.807, 2.05) is 0 Å². The number of ketones is 2. The monoisotopic (exact) mass is 516 g/mol. The Morgan fingerprint density at radius 3 is 2.11 bits per heavy atom. The molecule has 1 spiro atoms. The summed E-state index contributed by atoms with van der Waals surface area (Å²) in [6.07, 6.45) is -1.08. The van der Waals surface area contributed by atoms with E-state index in [4.69, 9.17) is 16.3 Å². The molecular formula is C27H17ClN2O7. The lowest BCUT2D eigenvalue weighted by Crippen LogP contribution is -2.51. The molecule has 6 rings (SSSR count). The molecule has 3 aromatic carbocycles. The number of carbonyl (C=O) groups excluding carboxylic acids is 4. The Balaban J connectivity index is 1.53. The van der Waals surface area contributed by atoms with Crippen LogP contribution in [0.2, 0.25) is 5.02 Å². The van der Waals surface area contributed by atoms with Gasteiger partial charge in [-0.2, -0.15) is 0 Å². The average molecular weight is 517 g/mol. The lowest BCUT2D eigenvalue weighted by atomic mass is 9.77. The molecule has 0 bridgehead atoms. The molecule has 2 aliphatic heterocycles. The summed E-state index contributed by atoms with van der Waals surface area (Å²) >= 11 is 6.04. The maximum Gasteiger partial charge on any atom is 0.269 e. The molecule has 0 unspecified atom stereocenters. The number of carbonyl (C=O) groups is 4. The Labute approximate surface area is 214 Å². The fourth-order valence-electron chi connectivity index (χ4n) is 5.71. The first-order chi connectivity index (χ1) is 17.7. The summed E-state index contributed by atoms with van der Waals surface area (Å²) in [7, 11) is 0. The van der Waals surface area contributed by atoms with Gasteiger partial charge in [-0.05, 0) is 36.2 Å². The highest BCUT2D eigenvalue weighted by atomic mass is 35.5. The van der Waals surface area contributed by atoms with Crippen LogP contribution in [0.4, 0.5) is 11.4 Å². The van der Waals surface area contributed by atoms with E-state index in [1.54, 1.807) is 43.3 Å². The molecule has 2 saturated heterocycles. The van der Waals surface area contributed by atoms with Crippen molar-refractivity contribution >= 4 is 46.4 Å². The number of benzene rings is 3. The number of non-ortho nitro benzene ring substituents is 1. The molecule has 3 aromatic rings. The smallest absolute Gasteiger partial charge is 0.269 e. The van der Waals surface area contributed by atoms with Crippen LogP contribution in [0.1, 0.15) is 37.9 Å². The number of imide groups is 1. The quantitative estimate of drug-likeness (QED) is 0.220. The van der Waals surface area contributed by atoms with Gasteiger partial charge < -0.3 is 4.74 Å². The van der Waals surface area contributed by atoms with Gasteiger partial charge in [0.25, 0.3) is 5.69 Å². The highest BCUT2D eigenvalue weighted by Crippen LogP contribution is 2.58. The van der Waals surface area contributed by atoms with Crippen molar-refractivity contribution in [3.8, 4) is 0 Å². The van der Waals surface area contributed by atoms with Crippen LogP contribution in [0.15, 0.2) is 66.7 Å². The number of ether oxygens (including phenoxy) is 1. The van der Waals surface area contributed by atoms with Crippen LogP contribution in [-0.4, -0.2) is 33.9 Å². The van der Waals surface area contributed by atoms with Crippen molar-refractivity contribution < 1.29 is 28.8 Å². The maximum atomic E-state index is 14.0. The fraction of sp³-hybridized carbons (Fsp3) is 0.185. The van der Waals surface area contributed by atoms with Gasteiger partial charge in [-0.25, -0.2) is 4.90 Å². The van der Waals surface area contributed by atoms with E-state index >= 15 is 0 Å². The Morgan fingerprint density at radius 1 is 0.919 bits per heavy atom.